The first-order valence-electron chi connectivity index (χ1n) is 6.88. The van der Waals surface area contributed by atoms with Crippen LogP contribution >= 0.6 is 15.9 Å². The van der Waals surface area contributed by atoms with E-state index in [1.165, 1.54) is 0 Å². The first kappa shape index (κ1) is 16.3. The number of rotatable bonds is 6. The molecule has 1 aromatic carbocycles. The highest BCUT2D eigenvalue weighted by Gasteiger charge is 2.35. The first-order valence-corrected chi connectivity index (χ1v) is 7.67. The fourth-order valence-corrected chi connectivity index (χ4v) is 2.44. The summed E-state index contributed by atoms with van der Waals surface area (Å²) in [6.07, 6.45) is 3.28. The Morgan fingerprint density at radius 3 is 2.71 bits per heavy atom. The zero-order valence-corrected chi connectivity index (χ0v) is 14.2. The van der Waals surface area contributed by atoms with Gasteiger partial charge < -0.3 is 18.9 Å². The van der Waals surface area contributed by atoms with Crippen molar-refractivity contribution in [2.75, 3.05) is 26.9 Å². The summed E-state index contributed by atoms with van der Waals surface area (Å²) in [6, 6.07) is 5.88. The topological polar surface area (TPSA) is 36.9 Å². The third-order valence-corrected chi connectivity index (χ3v) is 3.71. The molecule has 21 heavy (non-hydrogen) atoms. The molecule has 0 N–H and O–H groups in total. The molecular weight excluding hydrogens is 336 g/mol. The Hall–Kier alpha value is -1.04. The average molecular weight is 357 g/mol. The molecule has 2 rings (SSSR count). The summed E-state index contributed by atoms with van der Waals surface area (Å²) in [7, 11) is 1.62. The molecule has 116 valence electrons. The Balaban J connectivity index is 2.06. The van der Waals surface area contributed by atoms with E-state index >= 15 is 0 Å². The number of hydrogen-bond donors (Lipinski definition) is 0. The minimum absolute atomic E-state index is 0.216. The zero-order chi connectivity index (χ0) is 15.3. The number of benzene rings is 1. The number of halogens is 1. The third kappa shape index (κ3) is 4.46. The van der Waals surface area contributed by atoms with Gasteiger partial charge in [0.1, 0.15) is 5.75 Å². The molecule has 0 amide bonds. The molecule has 1 fully saturated rings. The van der Waals surface area contributed by atoms with Crippen LogP contribution < -0.4 is 4.74 Å². The van der Waals surface area contributed by atoms with Crippen molar-refractivity contribution in [1.82, 2.24) is 0 Å². The van der Waals surface area contributed by atoms with Gasteiger partial charge in [0.05, 0.1) is 33.2 Å². The molecule has 1 aliphatic rings. The lowest BCUT2D eigenvalue weighted by Gasteiger charge is -2.29. The standard InChI is InChI=1S/C16H21BrO4/c1-16(2,15-19-8-9-20-15)11-21-14-5-4-13(17)10-12(14)6-7-18-3/h4-7,10,15H,8-9,11H2,1-3H3. The quantitative estimate of drug-likeness (QED) is 0.725. The minimum atomic E-state index is -0.217. The van der Waals surface area contributed by atoms with Gasteiger partial charge in [0.15, 0.2) is 6.29 Å². The molecule has 0 radical (unpaired) electrons. The maximum absolute atomic E-state index is 5.98. The van der Waals surface area contributed by atoms with Crippen molar-refractivity contribution in [2.45, 2.75) is 20.1 Å². The molecule has 0 atom stereocenters. The van der Waals surface area contributed by atoms with E-state index < -0.39 is 0 Å². The second-order valence-electron chi connectivity index (χ2n) is 5.57. The molecule has 1 heterocycles. The van der Waals surface area contributed by atoms with E-state index in [-0.39, 0.29) is 11.7 Å². The van der Waals surface area contributed by atoms with Crippen LogP contribution in [0.3, 0.4) is 0 Å². The summed E-state index contributed by atoms with van der Waals surface area (Å²) in [5, 5.41) is 0. The highest BCUT2D eigenvalue weighted by molar-refractivity contribution is 9.10. The minimum Gasteiger partial charge on any atom is -0.504 e. The second kappa shape index (κ2) is 7.29. The number of hydrogen-bond acceptors (Lipinski definition) is 4. The molecule has 5 heteroatoms. The van der Waals surface area contributed by atoms with Gasteiger partial charge in [0.25, 0.3) is 0 Å². The van der Waals surface area contributed by atoms with Crippen LogP contribution in [-0.4, -0.2) is 33.2 Å². The maximum Gasteiger partial charge on any atom is 0.166 e. The Morgan fingerprint density at radius 1 is 1.33 bits per heavy atom. The number of ether oxygens (including phenoxy) is 4. The van der Waals surface area contributed by atoms with Gasteiger partial charge in [-0.1, -0.05) is 29.8 Å². The first-order chi connectivity index (χ1) is 10.0. The van der Waals surface area contributed by atoms with E-state index in [0.29, 0.717) is 19.8 Å². The Morgan fingerprint density at radius 2 is 2.05 bits per heavy atom. The molecule has 4 nitrogen and oxygen atoms in total. The summed E-state index contributed by atoms with van der Waals surface area (Å²) in [5.41, 5.74) is 0.738. The molecular formula is C16H21BrO4. The molecule has 0 saturated carbocycles. The van der Waals surface area contributed by atoms with Crippen LogP contribution in [0.2, 0.25) is 0 Å². The summed E-state index contributed by atoms with van der Waals surface area (Å²) in [6.45, 7) is 5.95. The fourth-order valence-electron chi connectivity index (χ4n) is 2.06. The SMILES string of the molecule is COC=Cc1cc(Br)ccc1OCC(C)(C)C1OCCO1. The Kier molecular flexibility index (Phi) is 5.67. The fraction of sp³-hybridized carbons (Fsp3) is 0.500. The van der Waals surface area contributed by atoms with Crippen LogP contribution in [0.4, 0.5) is 0 Å². The molecule has 0 spiro atoms. The van der Waals surface area contributed by atoms with Crippen LogP contribution in [0, 0.1) is 5.41 Å². The average Bonchev–Trinajstić information content (AvgIpc) is 2.99. The Labute approximate surface area is 134 Å². The van der Waals surface area contributed by atoms with Crippen molar-refractivity contribution in [3.8, 4) is 5.75 Å². The summed E-state index contributed by atoms with van der Waals surface area (Å²) in [4.78, 5) is 0. The second-order valence-corrected chi connectivity index (χ2v) is 6.49. The largest absolute Gasteiger partial charge is 0.504 e. The van der Waals surface area contributed by atoms with Gasteiger partial charge in [-0.15, -0.1) is 0 Å². The lowest BCUT2D eigenvalue weighted by molar-refractivity contribution is -0.131. The molecule has 1 aliphatic heterocycles. The van der Waals surface area contributed by atoms with E-state index in [2.05, 4.69) is 29.8 Å². The highest BCUT2D eigenvalue weighted by Crippen LogP contribution is 2.30. The lowest BCUT2D eigenvalue weighted by Crippen LogP contribution is -2.35. The van der Waals surface area contributed by atoms with Gasteiger partial charge in [-0.2, -0.15) is 0 Å². The van der Waals surface area contributed by atoms with Crippen molar-refractivity contribution in [3.05, 3.63) is 34.5 Å². The predicted molar refractivity (Wildman–Crippen MR) is 85.2 cm³/mol. The lowest BCUT2D eigenvalue weighted by atomic mass is 9.94. The van der Waals surface area contributed by atoms with Gasteiger partial charge in [0, 0.05) is 15.5 Å². The molecule has 0 aliphatic carbocycles. The van der Waals surface area contributed by atoms with Gasteiger partial charge in [0.2, 0.25) is 0 Å². The smallest absolute Gasteiger partial charge is 0.166 e. The molecule has 0 bridgehead atoms. The van der Waals surface area contributed by atoms with Crippen LogP contribution in [0.25, 0.3) is 6.08 Å². The van der Waals surface area contributed by atoms with Gasteiger partial charge in [-0.05, 0) is 24.3 Å². The van der Waals surface area contributed by atoms with Crippen LogP contribution in [0.5, 0.6) is 5.75 Å². The summed E-state index contributed by atoms with van der Waals surface area (Å²) < 4.78 is 23.1. The maximum atomic E-state index is 5.98. The molecule has 0 unspecified atom stereocenters. The van der Waals surface area contributed by atoms with Crippen LogP contribution in [0.15, 0.2) is 28.9 Å². The highest BCUT2D eigenvalue weighted by atomic mass is 79.9. The van der Waals surface area contributed by atoms with Gasteiger partial charge in [-0.3, -0.25) is 0 Å². The van der Waals surface area contributed by atoms with E-state index in [0.717, 1.165) is 15.8 Å². The van der Waals surface area contributed by atoms with Crippen molar-refractivity contribution < 1.29 is 18.9 Å². The van der Waals surface area contributed by atoms with Gasteiger partial charge in [-0.25, -0.2) is 0 Å². The van der Waals surface area contributed by atoms with Crippen LogP contribution in [-0.2, 0) is 14.2 Å². The zero-order valence-electron chi connectivity index (χ0n) is 12.6. The van der Waals surface area contributed by atoms with Crippen molar-refractivity contribution in [3.63, 3.8) is 0 Å². The summed E-state index contributed by atoms with van der Waals surface area (Å²) in [5.74, 6) is 0.803. The van der Waals surface area contributed by atoms with E-state index in [1.54, 1.807) is 13.4 Å². The molecule has 1 aromatic rings. The molecule has 1 saturated heterocycles. The van der Waals surface area contributed by atoms with E-state index in [1.807, 2.05) is 24.3 Å². The third-order valence-electron chi connectivity index (χ3n) is 3.22. The van der Waals surface area contributed by atoms with E-state index in [4.69, 9.17) is 18.9 Å². The van der Waals surface area contributed by atoms with Crippen molar-refractivity contribution in [1.29, 1.82) is 0 Å². The van der Waals surface area contributed by atoms with Gasteiger partial charge >= 0.3 is 0 Å². The number of methoxy groups -OCH3 is 1. The van der Waals surface area contributed by atoms with Crippen molar-refractivity contribution in [2.24, 2.45) is 5.41 Å². The van der Waals surface area contributed by atoms with E-state index in [9.17, 15) is 0 Å². The summed E-state index contributed by atoms with van der Waals surface area (Å²) >= 11 is 3.46. The Bertz CT molecular complexity index is 493. The predicted octanol–water partition coefficient (Wildman–Crippen LogP) is 3.84. The monoisotopic (exact) mass is 356 g/mol. The normalized spacial score (nSPS) is 16.6. The molecule has 0 aromatic heterocycles. The van der Waals surface area contributed by atoms with Crippen molar-refractivity contribution >= 4 is 22.0 Å². The van der Waals surface area contributed by atoms with Crippen LogP contribution in [0.1, 0.15) is 19.4 Å².